The highest BCUT2D eigenvalue weighted by molar-refractivity contribution is 7.91. The van der Waals surface area contributed by atoms with E-state index in [0.29, 0.717) is 6.42 Å². The van der Waals surface area contributed by atoms with Crippen LogP contribution >= 0.6 is 0 Å². The van der Waals surface area contributed by atoms with Crippen LogP contribution in [0.15, 0.2) is 29.2 Å². The van der Waals surface area contributed by atoms with Crippen molar-refractivity contribution in [2.45, 2.75) is 31.2 Å². The van der Waals surface area contributed by atoms with Crippen molar-refractivity contribution in [3.05, 3.63) is 29.8 Å². The average Bonchev–Trinajstić information content (AvgIpc) is 2.83. The monoisotopic (exact) mass is 374 g/mol. The second kappa shape index (κ2) is 7.20. The smallest absolute Gasteiger partial charge is 0.240 e. The summed E-state index contributed by atoms with van der Waals surface area (Å²) in [6, 6.07) is 6.07. The van der Waals surface area contributed by atoms with E-state index in [1.807, 2.05) is 6.92 Å². The molecular formula is C15H22N2O5S2. The number of aryl methyl sites for hydroxylation is 1. The highest BCUT2D eigenvalue weighted by atomic mass is 32.2. The Morgan fingerprint density at radius 3 is 2.42 bits per heavy atom. The fourth-order valence-corrected chi connectivity index (χ4v) is 5.47. The van der Waals surface area contributed by atoms with E-state index >= 15 is 0 Å². The second-order valence-corrected chi connectivity index (χ2v) is 9.98. The molecule has 1 saturated heterocycles. The van der Waals surface area contributed by atoms with Crippen molar-refractivity contribution in [1.82, 2.24) is 9.62 Å². The fourth-order valence-electron chi connectivity index (χ4n) is 2.72. The van der Waals surface area contributed by atoms with Crippen LogP contribution in [0, 0.1) is 6.92 Å². The number of rotatable bonds is 6. The zero-order valence-electron chi connectivity index (χ0n) is 13.7. The molecule has 1 atom stereocenters. The summed E-state index contributed by atoms with van der Waals surface area (Å²) in [5.41, 5.74) is 0.958. The number of hydrogen-bond donors (Lipinski definition) is 1. The molecule has 0 saturated carbocycles. The van der Waals surface area contributed by atoms with Crippen molar-refractivity contribution in [2.24, 2.45) is 0 Å². The Bertz CT molecular complexity index is 801. The number of hydrogen-bond acceptors (Lipinski definition) is 5. The van der Waals surface area contributed by atoms with Gasteiger partial charge in [-0.2, -0.15) is 0 Å². The lowest BCUT2D eigenvalue weighted by Gasteiger charge is -2.27. The topological polar surface area (TPSA) is 101 Å². The van der Waals surface area contributed by atoms with Crippen LogP contribution < -0.4 is 4.72 Å². The molecule has 0 spiro atoms. The van der Waals surface area contributed by atoms with Gasteiger partial charge in [0.2, 0.25) is 15.9 Å². The summed E-state index contributed by atoms with van der Waals surface area (Å²) >= 11 is 0. The van der Waals surface area contributed by atoms with Crippen molar-refractivity contribution < 1.29 is 21.6 Å². The van der Waals surface area contributed by atoms with E-state index in [0.717, 1.165) is 5.56 Å². The maximum atomic E-state index is 12.2. The van der Waals surface area contributed by atoms with Gasteiger partial charge in [0.25, 0.3) is 0 Å². The molecule has 1 N–H and O–H groups in total. The summed E-state index contributed by atoms with van der Waals surface area (Å²) in [7, 11) is -6.76. The summed E-state index contributed by atoms with van der Waals surface area (Å²) in [5, 5.41) is 0. The van der Waals surface area contributed by atoms with Gasteiger partial charge in [0.1, 0.15) is 0 Å². The van der Waals surface area contributed by atoms with Crippen molar-refractivity contribution in [1.29, 1.82) is 0 Å². The summed E-state index contributed by atoms with van der Waals surface area (Å²) in [6.07, 6.45) is 0.395. The first-order chi connectivity index (χ1) is 11.1. The Morgan fingerprint density at radius 1 is 1.29 bits per heavy atom. The predicted molar refractivity (Wildman–Crippen MR) is 90.8 cm³/mol. The van der Waals surface area contributed by atoms with Gasteiger partial charge in [-0.25, -0.2) is 21.6 Å². The minimum Gasteiger partial charge on any atom is -0.338 e. The number of benzene rings is 1. The third-order valence-corrected chi connectivity index (χ3v) is 7.26. The average molecular weight is 374 g/mol. The highest BCUT2D eigenvalue weighted by Crippen LogP contribution is 2.18. The minimum atomic E-state index is -3.65. The third kappa shape index (κ3) is 4.78. The second-order valence-electron chi connectivity index (χ2n) is 5.98. The molecule has 1 aromatic carbocycles. The van der Waals surface area contributed by atoms with E-state index in [1.54, 1.807) is 12.1 Å². The molecule has 1 heterocycles. The van der Waals surface area contributed by atoms with Crippen LogP contribution in [0.1, 0.15) is 18.9 Å². The first-order valence-electron chi connectivity index (χ1n) is 7.65. The SMILES string of the molecule is CC(=O)N(CCNS(=O)(=O)c1ccc(C)cc1)C1CCS(=O)(=O)C1. The Labute approximate surface area is 143 Å². The van der Waals surface area contributed by atoms with Gasteiger partial charge in [-0.1, -0.05) is 17.7 Å². The van der Waals surface area contributed by atoms with Gasteiger partial charge in [-0.3, -0.25) is 4.79 Å². The predicted octanol–water partition coefficient (Wildman–Crippen LogP) is 0.309. The Kier molecular flexibility index (Phi) is 5.67. The van der Waals surface area contributed by atoms with Crippen LogP contribution in [0.4, 0.5) is 0 Å². The van der Waals surface area contributed by atoms with Gasteiger partial charge in [-0.05, 0) is 25.5 Å². The van der Waals surface area contributed by atoms with E-state index in [-0.39, 0.29) is 41.4 Å². The number of amides is 1. The van der Waals surface area contributed by atoms with Crippen LogP contribution in [-0.4, -0.2) is 58.3 Å². The fraction of sp³-hybridized carbons (Fsp3) is 0.533. The maximum Gasteiger partial charge on any atom is 0.240 e. The molecule has 1 fully saturated rings. The summed E-state index contributed by atoms with van der Waals surface area (Å²) in [6.45, 7) is 3.40. The Balaban J connectivity index is 1.98. The lowest BCUT2D eigenvalue weighted by atomic mass is 10.2. The quantitative estimate of drug-likeness (QED) is 0.772. The summed E-state index contributed by atoms with van der Waals surface area (Å²) < 4.78 is 50.0. The standard InChI is InChI=1S/C15H22N2O5S2/c1-12-3-5-15(6-4-12)24(21,22)16-8-9-17(13(2)18)14-7-10-23(19,20)11-14/h3-6,14,16H,7-11H2,1-2H3. The Morgan fingerprint density at radius 2 is 1.92 bits per heavy atom. The highest BCUT2D eigenvalue weighted by Gasteiger charge is 2.33. The van der Waals surface area contributed by atoms with Crippen molar-refractivity contribution in [3.8, 4) is 0 Å². The molecule has 1 unspecified atom stereocenters. The summed E-state index contributed by atoms with van der Waals surface area (Å²) in [5.74, 6) is -0.250. The zero-order chi connectivity index (χ0) is 18.0. The molecule has 24 heavy (non-hydrogen) atoms. The Hall–Kier alpha value is -1.45. The van der Waals surface area contributed by atoms with Gasteiger partial charge in [0, 0.05) is 26.1 Å². The van der Waals surface area contributed by atoms with E-state index in [1.165, 1.54) is 24.0 Å². The van der Waals surface area contributed by atoms with Gasteiger partial charge in [0.05, 0.1) is 16.4 Å². The number of sulfonamides is 1. The third-order valence-electron chi connectivity index (χ3n) is 4.03. The molecule has 0 aliphatic carbocycles. The van der Waals surface area contributed by atoms with Crippen molar-refractivity contribution in [3.63, 3.8) is 0 Å². The molecule has 1 aromatic rings. The lowest BCUT2D eigenvalue weighted by Crippen LogP contribution is -2.44. The number of carbonyl (C=O) groups is 1. The first kappa shape index (κ1) is 18.9. The van der Waals surface area contributed by atoms with E-state index in [9.17, 15) is 21.6 Å². The maximum absolute atomic E-state index is 12.2. The number of sulfone groups is 1. The van der Waals surface area contributed by atoms with Crippen molar-refractivity contribution >= 4 is 25.8 Å². The van der Waals surface area contributed by atoms with Crippen molar-refractivity contribution in [2.75, 3.05) is 24.6 Å². The van der Waals surface area contributed by atoms with E-state index in [4.69, 9.17) is 0 Å². The molecule has 1 aliphatic rings. The minimum absolute atomic E-state index is 0.0341. The molecule has 134 valence electrons. The van der Waals surface area contributed by atoms with Gasteiger partial charge in [-0.15, -0.1) is 0 Å². The van der Waals surface area contributed by atoms with Crippen LogP contribution in [-0.2, 0) is 24.7 Å². The van der Waals surface area contributed by atoms with Gasteiger partial charge >= 0.3 is 0 Å². The molecule has 1 aliphatic heterocycles. The summed E-state index contributed by atoms with van der Waals surface area (Å²) in [4.78, 5) is 13.3. The molecule has 1 amide bonds. The molecular weight excluding hydrogens is 352 g/mol. The number of carbonyl (C=O) groups excluding carboxylic acids is 1. The lowest BCUT2D eigenvalue weighted by molar-refractivity contribution is -0.130. The number of nitrogens with one attached hydrogen (secondary N) is 1. The first-order valence-corrected chi connectivity index (χ1v) is 11.0. The molecule has 9 heteroatoms. The van der Waals surface area contributed by atoms with E-state index in [2.05, 4.69) is 4.72 Å². The van der Waals surface area contributed by atoms with Gasteiger partial charge < -0.3 is 4.90 Å². The van der Waals surface area contributed by atoms with Crippen LogP contribution in [0.3, 0.4) is 0 Å². The zero-order valence-corrected chi connectivity index (χ0v) is 15.4. The molecule has 0 radical (unpaired) electrons. The molecule has 0 bridgehead atoms. The number of nitrogens with zero attached hydrogens (tertiary/aromatic N) is 1. The molecule has 0 aromatic heterocycles. The van der Waals surface area contributed by atoms with Crippen LogP contribution in [0.5, 0.6) is 0 Å². The largest absolute Gasteiger partial charge is 0.338 e. The van der Waals surface area contributed by atoms with Crippen LogP contribution in [0.2, 0.25) is 0 Å². The molecule has 2 rings (SSSR count). The van der Waals surface area contributed by atoms with E-state index < -0.39 is 19.9 Å². The van der Waals surface area contributed by atoms with Crippen LogP contribution in [0.25, 0.3) is 0 Å². The normalized spacial score (nSPS) is 20.0. The van der Waals surface area contributed by atoms with Gasteiger partial charge in [0.15, 0.2) is 9.84 Å². The molecule has 7 nitrogen and oxygen atoms in total.